The summed E-state index contributed by atoms with van der Waals surface area (Å²) in [6.07, 6.45) is 3.33. The van der Waals surface area contributed by atoms with Gasteiger partial charge in [0.05, 0.1) is 19.3 Å². The molecule has 2 saturated heterocycles. The van der Waals surface area contributed by atoms with E-state index in [1.54, 1.807) is 0 Å². The largest absolute Gasteiger partial charge is 0.379 e. The molecule has 5 nitrogen and oxygen atoms in total. The normalized spacial score (nSPS) is 23.9. The highest BCUT2D eigenvalue weighted by molar-refractivity contribution is 5.85. The number of carbonyl (C=O) groups is 1. The van der Waals surface area contributed by atoms with E-state index in [0.29, 0.717) is 0 Å². The van der Waals surface area contributed by atoms with Crippen molar-refractivity contribution in [1.82, 2.24) is 15.5 Å². The minimum Gasteiger partial charge on any atom is -0.379 e. The first-order valence-corrected chi connectivity index (χ1v) is 6.67. The zero-order chi connectivity index (χ0) is 11.9. The Hall–Kier alpha value is -0.0700. The third-order valence-electron chi connectivity index (χ3n) is 3.46. The van der Waals surface area contributed by atoms with Gasteiger partial charge in [0.2, 0.25) is 5.91 Å². The highest BCUT2D eigenvalue weighted by Crippen LogP contribution is 2.06. The van der Waals surface area contributed by atoms with Crippen LogP contribution in [0, 0.1) is 0 Å². The van der Waals surface area contributed by atoms with Gasteiger partial charge in [0.15, 0.2) is 0 Å². The van der Waals surface area contributed by atoms with E-state index < -0.39 is 0 Å². The number of nitrogens with one attached hydrogen (secondary N) is 2. The van der Waals surface area contributed by atoms with E-state index in [4.69, 9.17) is 4.74 Å². The number of nitrogens with zero attached hydrogens (tertiary/aromatic N) is 1. The number of halogens is 2. The summed E-state index contributed by atoms with van der Waals surface area (Å²) < 4.78 is 5.28. The van der Waals surface area contributed by atoms with E-state index in [0.717, 1.165) is 58.8 Å². The van der Waals surface area contributed by atoms with Gasteiger partial charge < -0.3 is 15.4 Å². The second-order valence-corrected chi connectivity index (χ2v) is 4.75. The number of amides is 1. The molecule has 2 aliphatic heterocycles. The lowest BCUT2D eigenvalue weighted by Gasteiger charge is -2.27. The van der Waals surface area contributed by atoms with E-state index in [9.17, 15) is 4.79 Å². The predicted molar refractivity (Wildman–Crippen MR) is 80.4 cm³/mol. The van der Waals surface area contributed by atoms with Crippen LogP contribution < -0.4 is 10.6 Å². The van der Waals surface area contributed by atoms with Gasteiger partial charge in [-0.2, -0.15) is 0 Å². The lowest BCUT2D eigenvalue weighted by Crippen LogP contribution is -2.48. The van der Waals surface area contributed by atoms with Gasteiger partial charge in [-0.25, -0.2) is 0 Å². The SMILES string of the molecule is Cl.Cl.O=C(NCCN1CCOCC1)[C@@H]1CCCCN1. The Morgan fingerprint density at radius 3 is 2.63 bits per heavy atom. The topological polar surface area (TPSA) is 53.6 Å². The molecule has 1 amide bonds. The molecule has 2 rings (SSSR count). The third kappa shape index (κ3) is 6.77. The summed E-state index contributed by atoms with van der Waals surface area (Å²) in [4.78, 5) is 14.2. The van der Waals surface area contributed by atoms with Crippen LogP contribution in [0.2, 0.25) is 0 Å². The van der Waals surface area contributed by atoms with Crippen molar-refractivity contribution in [2.75, 3.05) is 45.9 Å². The fourth-order valence-electron chi connectivity index (χ4n) is 2.36. The number of ether oxygens (including phenoxy) is 1. The maximum absolute atomic E-state index is 11.8. The van der Waals surface area contributed by atoms with E-state index in [1.807, 2.05) is 0 Å². The second kappa shape index (κ2) is 10.7. The first-order chi connectivity index (χ1) is 8.36. The van der Waals surface area contributed by atoms with Crippen molar-refractivity contribution >= 4 is 30.7 Å². The van der Waals surface area contributed by atoms with Crippen molar-refractivity contribution in [2.24, 2.45) is 0 Å². The van der Waals surface area contributed by atoms with Crippen LogP contribution >= 0.6 is 24.8 Å². The zero-order valence-corrected chi connectivity index (χ0v) is 12.9. The van der Waals surface area contributed by atoms with Crippen molar-refractivity contribution in [2.45, 2.75) is 25.3 Å². The highest BCUT2D eigenvalue weighted by atomic mass is 35.5. The Morgan fingerprint density at radius 2 is 2.00 bits per heavy atom. The average molecular weight is 314 g/mol. The molecule has 2 heterocycles. The van der Waals surface area contributed by atoms with Crippen molar-refractivity contribution in [1.29, 1.82) is 0 Å². The fraction of sp³-hybridized carbons (Fsp3) is 0.917. The van der Waals surface area contributed by atoms with Crippen LogP contribution in [-0.4, -0.2) is 62.8 Å². The Labute approximate surface area is 127 Å². The van der Waals surface area contributed by atoms with Crippen LogP contribution in [0.5, 0.6) is 0 Å². The molecule has 7 heteroatoms. The Morgan fingerprint density at radius 1 is 1.26 bits per heavy atom. The molecule has 0 saturated carbocycles. The molecule has 2 aliphatic rings. The molecule has 19 heavy (non-hydrogen) atoms. The van der Waals surface area contributed by atoms with E-state index in [1.165, 1.54) is 6.42 Å². The molecule has 0 unspecified atom stereocenters. The molecular formula is C12H25Cl2N3O2. The lowest BCUT2D eigenvalue weighted by atomic mass is 10.0. The van der Waals surface area contributed by atoms with Crippen LogP contribution in [-0.2, 0) is 9.53 Å². The fourth-order valence-corrected chi connectivity index (χ4v) is 2.36. The first kappa shape index (κ1) is 18.9. The minimum absolute atomic E-state index is 0. The van der Waals surface area contributed by atoms with Crippen LogP contribution in [0.4, 0.5) is 0 Å². The molecule has 0 aromatic heterocycles. The van der Waals surface area contributed by atoms with Gasteiger partial charge in [0, 0.05) is 26.2 Å². The van der Waals surface area contributed by atoms with Crippen molar-refractivity contribution < 1.29 is 9.53 Å². The quantitative estimate of drug-likeness (QED) is 0.790. The van der Waals surface area contributed by atoms with E-state index in [2.05, 4.69) is 15.5 Å². The number of morpholine rings is 1. The minimum atomic E-state index is 0. The molecule has 114 valence electrons. The maximum Gasteiger partial charge on any atom is 0.237 e. The molecule has 0 spiro atoms. The van der Waals surface area contributed by atoms with Gasteiger partial charge in [-0.15, -0.1) is 24.8 Å². The lowest BCUT2D eigenvalue weighted by molar-refractivity contribution is -0.123. The molecule has 0 bridgehead atoms. The molecule has 0 aromatic rings. The molecule has 2 fully saturated rings. The van der Waals surface area contributed by atoms with Crippen LogP contribution in [0.25, 0.3) is 0 Å². The molecular weight excluding hydrogens is 289 g/mol. The zero-order valence-electron chi connectivity index (χ0n) is 11.2. The Kier molecular flexibility index (Phi) is 10.6. The first-order valence-electron chi connectivity index (χ1n) is 6.67. The number of rotatable bonds is 4. The van der Waals surface area contributed by atoms with Crippen molar-refractivity contribution in [3.63, 3.8) is 0 Å². The van der Waals surface area contributed by atoms with Crippen LogP contribution in [0.3, 0.4) is 0 Å². The summed E-state index contributed by atoms with van der Waals surface area (Å²) in [7, 11) is 0. The summed E-state index contributed by atoms with van der Waals surface area (Å²) in [6.45, 7) is 6.26. The molecule has 0 aromatic carbocycles. The van der Waals surface area contributed by atoms with Gasteiger partial charge in [-0.3, -0.25) is 9.69 Å². The van der Waals surface area contributed by atoms with E-state index in [-0.39, 0.29) is 36.8 Å². The average Bonchev–Trinajstić information content (AvgIpc) is 2.41. The number of piperidine rings is 1. The summed E-state index contributed by atoms with van der Waals surface area (Å²) in [5, 5.41) is 6.28. The summed E-state index contributed by atoms with van der Waals surface area (Å²) in [5.74, 6) is 0.165. The van der Waals surface area contributed by atoms with Gasteiger partial charge in [0.1, 0.15) is 0 Å². The number of hydrogen-bond acceptors (Lipinski definition) is 4. The number of hydrogen-bond donors (Lipinski definition) is 2. The monoisotopic (exact) mass is 313 g/mol. The van der Waals surface area contributed by atoms with Crippen LogP contribution in [0.15, 0.2) is 0 Å². The Bertz CT molecular complexity index is 245. The van der Waals surface area contributed by atoms with Gasteiger partial charge in [-0.05, 0) is 19.4 Å². The highest BCUT2D eigenvalue weighted by Gasteiger charge is 2.20. The number of carbonyl (C=O) groups excluding carboxylic acids is 1. The molecule has 0 radical (unpaired) electrons. The van der Waals surface area contributed by atoms with E-state index >= 15 is 0 Å². The molecule has 1 atom stereocenters. The summed E-state index contributed by atoms with van der Waals surface area (Å²) in [6, 6.07) is 0.0356. The summed E-state index contributed by atoms with van der Waals surface area (Å²) >= 11 is 0. The van der Waals surface area contributed by atoms with Gasteiger partial charge in [-0.1, -0.05) is 6.42 Å². The van der Waals surface area contributed by atoms with Crippen molar-refractivity contribution in [3.05, 3.63) is 0 Å². The van der Waals surface area contributed by atoms with Crippen molar-refractivity contribution in [3.8, 4) is 0 Å². The Balaban J connectivity index is 0.00000162. The molecule has 0 aliphatic carbocycles. The summed E-state index contributed by atoms with van der Waals surface area (Å²) in [5.41, 5.74) is 0. The third-order valence-corrected chi connectivity index (χ3v) is 3.46. The molecule has 2 N–H and O–H groups in total. The standard InChI is InChI=1S/C12H23N3O2.2ClH/c16-12(11-3-1-2-4-13-11)14-5-6-15-7-9-17-10-8-15;;/h11,13H,1-10H2,(H,14,16);2*1H/t11-;;/m0../s1. The van der Waals surface area contributed by atoms with Gasteiger partial charge >= 0.3 is 0 Å². The smallest absolute Gasteiger partial charge is 0.237 e. The second-order valence-electron chi connectivity index (χ2n) is 4.75. The maximum atomic E-state index is 11.8. The van der Waals surface area contributed by atoms with Gasteiger partial charge in [0.25, 0.3) is 0 Å². The predicted octanol–water partition coefficient (Wildman–Crippen LogP) is 0.421. The van der Waals surface area contributed by atoms with Crippen LogP contribution in [0.1, 0.15) is 19.3 Å².